The Bertz CT molecular complexity index is 1130. The first kappa shape index (κ1) is 22.3. The van der Waals surface area contributed by atoms with Gasteiger partial charge in [-0.15, -0.1) is 0 Å². The van der Waals surface area contributed by atoms with E-state index in [1.165, 1.54) is 0 Å². The first-order valence-corrected chi connectivity index (χ1v) is 11.8. The van der Waals surface area contributed by atoms with Crippen molar-refractivity contribution in [3.05, 3.63) is 70.8 Å². The molecule has 2 aromatic carbocycles. The van der Waals surface area contributed by atoms with E-state index < -0.39 is 11.9 Å². The van der Waals surface area contributed by atoms with Gasteiger partial charge in [0.15, 0.2) is 0 Å². The number of rotatable bonds is 6. The van der Waals surface area contributed by atoms with Crippen LogP contribution in [0.25, 0.3) is 0 Å². The van der Waals surface area contributed by atoms with Crippen molar-refractivity contribution in [1.29, 1.82) is 0 Å². The second kappa shape index (κ2) is 9.38. The Morgan fingerprint density at radius 3 is 2.56 bits per heavy atom. The van der Waals surface area contributed by atoms with Gasteiger partial charge in [0.1, 0.15) is 6.04 Å². The van der Waals surface area contributed by atoms with Gasteiger partial charge in [-0.1, -0.05) is 42.5 Å². The molecular formula is C26H28N4O4. The molecule has 0 spiro atoms. The lowest BCUT2D eigenvalue weighted by molar-refractivity contribution is -0.137. The molecule has 2 fully saturated rings. The van der Waals surface area contributed by atoms with Gasteiger partial charge in [-0.2, -0.15) is 0 Å². The van der Waals surface area contributed by atoms with E-state index in [1.54, 1.807) is 4.90 Å². The summed E-state index contributed by atoms with van der Waals surface area (Å²) in [5.74, 6) is -0.696. The summed E-state index contributed by atoms with van der Waals surface area (Å²) in [6.07, 6.45) is 1.97. The van der Waals surface area contributed by atoms with Crippen LogP contribution >= 0.6 is 0 Å². The van der Waals surface area contributed by atoms with Gasteiger partial charge in [-0.3, -0.25) is 24.5 Å². The van der Waals surface area contributed by atoms with Gasteiger partial charge in [0.2, 0.25) is 17.7 Å². The van der Waals surface area contributed by atoms with Crippen LogP contribution in [-0.2, 0) is 34.0 Å². The average molecular weight is 461 g/mol. The number of fused-ring (bicyclic) bond motifs is 1. The second-order valence-electron chi connectivity index (χ2n) is 9.26. The highest BCUT2D eigenvalue weighted by Crippen LogP contribution is 2.28. The lowest BCUT2D eigenvalue weighted by atomic mass is 10.0. The Balaban J connectivity index is 1.16. The third-order valence-corrected chi connectivity index (χ3v) is 6.92. The number of piperidine rings is 2. The summed E-state index contributed by atoms with van der Waals surface area (Å²) in [5, 5.41) is 5.82. The van der Waals surface area contributed by atoms with Crippen LogP contribution in [-0.4, -0.2) is 52.1 Å². The number of benzene rings is 2. The molecule has 2 saturated heterocycles. The number of hydrogen-bond donors (Lipinski definition) is 2. The van der Waals surface area contributed by atoms with Crippen LogP contribution in [0.3, 0.4) is 0 Å². The van der Waals surface area contributed by atoms with Gasteiger partial charge in [0.25, 0.3) is 5.91 Å². The van der Waals surface area contributed by atoms with Crippen molar-refractivity contribution in [2.24, 2.45) is 0 Å². The van der Waals surface area contributed by atoms with Crippen molar-refractivity contribution >= 4 is 23.6 Å². The van der Waals surface area contributed by atoms with Crippen molar-refractivity contribution in [3.63, 3.8) is 0 Å². The molecule has 3 heterocycles. The Morgan fingerprint density at radius 1 is 0.971 bits per heavy atom. The van der Waals surface area contributed by atoms with Crippen LogP contribution in [0.2, 0.25) is 0 Å². The molecule has 3 aliphatic heterocycles. The van der Waals surface area contributed by atoms with E-state index in [0.717, 1.165) is 29.7 Å². The lowest BCUT2D eigenvalue weighted by Crippen LogP contribution is -2.52. The molecule has 2 aromatic rings. The molecule has 0 radical (unpaired) electrons. The minimum Gasteiger partial charge on any atom is -0.338 e. The number of likely N-dealkylation sites (tertiary alicyclic amines) is 1. The normalized spacial score (nSPS) is 22.7. The third-order valence-electron chi connectivity index (χ3n) is 6.92. The zero-order chi connectivity index (χ0) is 23.7. The first-order chi connectivity index (χ1) is 16.5. The van der Waals surface area contributed by atoms with E-state index in [-0.39, 0.29) is 30.2 Å². The number of nitrogens with zero attached hydrogens (tertiary/aromatic N) is 2. The van der Waals surface area contributed by atoms with Crippen LogP contribution in [0.1, 0.15) is 52.7 Å². The van der Waals surface area contributed by atoms with Crippen LogP contribution in [0.15, 0.2) is 48.5 Å². The maximum atomic E-state index is 12.8. The standard InChI is InChI=1S/C26H28N4O4/c31-23-9-8-22(25(33)28-23)30-16-19-12-18(6-7-21(19)26(30)34)14-27-20-10-11-29(24(32)13-20)15-17-4-2-1-3-5-17/h1-7,12,20,22,27H,8-11,13-16H2,(H,28,31,33). The maximum Gasteiger partial charge on any atom is 0.255 e. The molecule has 4 amide bonds. The molecule has 2 atom stereocenters. The van der Waals surface area contributed by atoms with E-state index in [0.29, 0.717) is 38.0 Å². The predicted molar refractivity (Wildman–Crippen MR) is 124 cm³/mol. The fraction of sp³-hybridized carbons (Fsp3) is 0.385. The molecule has 2 unspecified atom stereocenters. The second-order valence-corrected chi connectivity index (χ2v) is 9.26. The summed E-state index contributed by atoms with van der Waals surface area (Å²) in [5.41, 5.74) is 3.68. The largest absolute Gasteiger partial charge is 0.338 e. The summed E-state index contributed by atoms with van der Waals surface area (Å²) < 4.78 is 0. The summed E-state index contributed by atoms with van der Waals surface area (Å²) >= 11 is 0. The molecule has 0 aromatic heterocycles. The van der Waals surface area contributed by atoms with Crippen LogP contribution < -0.4 is 10.6 Å². The van der Waals surface area contributed by atoms with E-state index in [1.807, 2.05) is 53.4 Å². The zero-order valence-corrected chi connectivity index (χ0v) is 19.0. The van der Waals surface area contributed by atoms with Crippen molar-refractivity contribution in [2.45, 2.75) is 57.4 Å². The predicted octanol–water partition coefficient (Wildman–Crippen LogP) is 1.73. The summed E-state index contributed by atoms with van der Waals surface area (Å²) in [7, 11) is 0. The molecule has 5 rings (SSSR count). The van der Waals surface area contributed by atoms with E-state index in [9.17, 15) is 19.2 Å². The number of hydrogen-bond acceptors (Lipinski definition) is 5. The topological polar surface area (TPSA) is 98.8 Å². The Morgan fingerprint density at radius 2 is 1.79 bits per heavy atom. The number of carbonyl (C=O) groups excluding carboxylic acids is 4. The molecule has 34 heavy (non-hydrogen) atoms. The first-order valence-electron chi connectivity index (χ1n) is 11.8. The van der Waals surface area contributed by atoms with E-state index >= 15 is 0 Å². The fourth-order valence-corrected chi connectivity index (χ4v) is 5.02. The van der Waals surface area contributed by atoms with E-state index in [2.05, 4.69) is 10.6 Å². The third kappa shape index (κ3) is 4.59. The van der Waals surface area contributed by atoms with Gasteiger partial charge in [-0.25, -0.2) is 0 Å². The SMILES string of the molecule is O=C1CCC(N2Cc3cc(CNC4CCN(Cc5ccccc5)C(=O)C4)ccc3C2=O)C(=O)N1. The summed E-state index contributed by atoms with van der Waals surface area (Å²) in [6.45, 7) is 2.35. The molecule has 0 aliphatic carbocycles. The molecule has 0 bridgehead atoms. The lowest BCUT2D eigenvalue weighted by Gasteiger charge is -2.32. The Hall–Kier alpha value is -3.52. The summed E-state index contributed by atoms with van der Waals surface area (Å²) in [4.78, 5) is 52.6. The van der Waals surface area contributed by atoms with Gasteiger partial charge in [0, 0.05) is 50.6 Å². The quantitative estimate of drug-likeness (QED) is 0.640. The summed E-state index contributed by atoms with van der Waals surface area (Å²) in [6, 6.07) is 15.3. The van der Waals surface area contributed by atoms with Gasteiger partial charge in [0.05, 0.1) is 0 Å². The van der Waals surface area contributed by atoms with Crippen LogP contribution in [0, 0.1) is 0 Å². The smallest absolute Gasteiger partial charge is 0.255 e. The monoisotopic (exact) mass is 460 g/mol. The number of imide groups is 1. The van der Waals surface area contributed by atoms with Gasteiger partial charge >= 0.3 is 0 Å². The number of nitrogens with one attached hydrogen (secondary N) is 2. The molecule has 176 valence electrons. The Labute approximate surface area is 198 Å². The highest BCUT2D eigenvalue weighted by molar-refractivity contribution is 6.05. The van der Waals surface area contributed by atoms with Crippen LogP contribution in [0.4, 0.5) is 0 Å². The average Bonchev–Trinajstić information content (AvgIpc) is 3.15. The van der Waals surface area contributed by atoms with Gasteiger partial charge in [-0.05, 0) is 35.6 Å². The zero-order valence-electron chi connectivity index (χ0n) is 19.0. The Kier molecular flexibility index (Phi) is 6.15. The molecule has 3 aliphatic rings. The molecular weight excluding hydrogens is 432 g/mol. The van der Waals surface area contributed by atoms with Crippen molar-refractivity contribution in [3.8, 4) is 0 Å². The highest BCUT2D eigenvalue weighted by atomic mass is 16.2. The van der Waals surface area contributed by atoms with Crippen LogP contribution in [0.5, 0.6) is 0 Å². The highest BCUT2D eigenvalue weighted by Gasteiger charge is 2.39. The van der Waals surface area contributed by atoms with Crippen molar-refractivity contribution in [1.82, 2.24) is 20.4 Å². The minimum absolute atomic E-state index is 0.120. The minimum atomic E-state index is -0.605. The van der Waals surface area contributed by atoms with E-state index in [4.69, 9.17) is 0 Å². The maximum absolute atomic E-state index is 12.8. The number of amides is 4. The fourth-order valence-electron chi connectivity index (χ4n) is 5.02. The van der Waals surface area contributed by atoms with Crippen molar-refractivity contribution in [2.75, 3.05) is 6.54 Å². The molecule has 2 N–H and O–H groups in total. The van der Waals surface area contributed by atoms with Gasteiger partial charge < -0.3 is 15.1 Å². The molecule has 8 nitrogen and oxygen atoms in total. The number of carbonyl (C=O) groups is 4. The molecule has 8 heteroatoms. The molecule has 0 saturated carbocycles. The van der Waals surface area contributed by atoms with Crippen molar-refractivity contribution < 1.29 is 19.2 Å².